The zero-order valence-electron chi connectivity index (χ0n) is 13.5. The monoisotopic (exact) mass is 329 g/mol. The third-order valence-electron chi connectivity index (χ3n) is 3.82. The number of rotatable bonds is 5. The molecule has 0 aliphatic heterocycles. The van der Waals surface area contributed by atoms with E-state index < -0.39 is 0 Å². The molecule has 5 heteroatoms. The maximum atomic E-state index is 13.0. The molecule has 23 heavy (non-hydrogen) atoms. The van der Waals surface area contributed by atoms with Crippen molar-refractivity contribution in [1.82, 2.24) is 14.9 Å². The van der Waals surface area contributed by atoms with Crippen LogP contribution in [0.2, 0.25) is 0 Å². The molecule has 0 fully saturated rings. The Morgan fingerprint density at radius 2 is 2.00 bits per heavy atom. The minimum Gasteiger partial charge on any atom is -0.357 e. The molecule has 0 radical (unpaired) electrons. The first-order valence-electron chi connectivity index (χ1n) is 7.60. The van der Waals surface area contributed by atoms with E-state index in [2.05, 4.69) is 29.5 Å². The Hall–Kier alpha value is -1.98. The summed E-state index contributed by atoms with van der Waals surface area (Å²) in [5.41, 5.74) is 3.25. The molecule has 0 spiro atoms. The van der Waals surface area contributed by atoms with E-state index in [0.717, 1.165) is 22.8 Å². The quantitative estimate of drug-likeness (QED) is 0.749. The van der Waals surface area contributed by atoms with Crippen molar-refractivity contribution < 1.29 is 4.39 Å². The fourth-order valence-corrected chi connectivity index (χ4v) is 3.65. The average molecular weight is 329 g/mol. The van der Waals surface area contributed by atoms with Gasteiger partial charge in [0.25, 0.3) is 0 Å². The highest BCUT2D eigenvalue weighted by molar-refractivity contribution is 7.15. The molecule has 1 atom stereocenters. The molecule has 0 aliphatic carbocycles. The molecule has 3 nitrogen and oxygen atoms in total. The van der Waals surface area contributed by atoms with Gasteiger partial charge in [0.1, 0.15) is 10.8 Å². The first-order valence-corrected chi connectivity index (χ1v) is 8.42. The van der Waals surface area contributed by atoms with Gasteiger partial charge in [-0.25, -0.2) is 9.37 Å². The zero-order valence-corrected chi connectivity index (χ0v) is 14.3. The van der Waals surface area contributed by atoms with Crippen LogP contribution in [0.1, 0.15) is 29.1 Å². The van der Waals surface area contributed by atoms with E-state index in [9.17, 15) is 4.39 Å². The number of nitrogens with zero attached hydrogens (tertiary/aromatic N) is 2. The summed E-state index contributed by atoms with van der Waals surface area (Å²) in [5.74, 6) is -0.222. The van der Waals surface area contributed by atoms with Crippen LogP contribution in [0.3, 0.4) is 0 Å². The summed E-state index contributed by atoms with van der Waals surface area (Å²) in [4.78, 5) is 5.87. The lowest BCUT2D eigenvalue weighted by molar-refractivity contribution is 0.579. The normalized spacial score (nSPS) is 12.5. The van der Waals surface area contributed by atoms with E-state index in [0.29, 0.717) is 0 Å². The number of halogens is 1. The Kier molecular flexibility index (Phi) is 4.59. The van der Waals surface area contributed by atoms with Crippen molar-refractivity contribution >= 4 is 11.3 Å². The molecule has 1 unspecified atom stereocenters. The lowest BCUT2D eigenvalue weighted by atomic mass is 10.2. The number of hydrogen-bond donors (Lipinski definition) is 1. The molecule has 0 bridgehead atoms. The number of benzene rings is 1. The summed E-state index contributed by atoms with van der Waals surface area (Å²) in [6.45, 7) is 5.00. The van der Waals surface area contributed by atoms with Crippen LogP contribution in [0.4, 0.5) is 4.39 Å². The number of thiazole rings is 1. The minimum atomic E-state index is -0.222. The van der Waals surface area contributed by atoms with Gasteiger partial charge in [0, 0.05) is 42.5 Å². The van der Waals surface area contributed by atoms with Crippen LogP contribution < -0.4 is 5.32 Å². The lowest BCUT2D eigenvalue weighted by Gasteiger charge is -2.12. The largest absolute Gasteiger partial charge is 0.357 e. The van der Waals surface area contributed by atoms with Crippen molar-refractivity contribution in [2.75, 3.05) is 0 Å². The SMILES string of the molecule is Cc1nc(-c2ccc(F)cc2)sc1C(C)NCc1ccn(C)c1. The van der Waals surface area contributed by atoms with Gasteiger partial charge in [0.05, 0.1) is 5.69 Å². The van der Waals surface area contributed by atoms with Crippen LogP contribution >= 0.6 is 11.3 Å². The maximum absolute atomic E-state index is 13.0. The molecule has 0 saturated heterocycles. The van der Waals surface area contributed by atoms with Crippen molar-refractivity contribution in [2.45, 2.75) is 26.4 Å². The third kappa shape index (κ3) is 3.68. The molecule has 0 saturated carbocycles. The van der Waals surface area contributed by atoms with Gasteiger partial charge >= 0.3 is 0 Å². The van der Waals surface area contributed by atoms with E-state index in [1.165, 1.54) is 22.6 Å². The van der Waals surface area contributed by atoms with Gasteiger partial charge in [-0.3, -0.25) is 0 Å². The van der Waals surface area contributed by atoms with Gasteiger partial charge in [0.2, 0.25) is 0 Å². The van der Waals surface area contributed by atoms with Crippen molar-refractivity contribution in [3.8, 4) is 10.6 Å². The molecular weight excluding hydrogens is 309 g/mol. The topological polar surface area (TPSA) is 29.9 Å². The highest BCUT2D eigenvalue weighted by atomic mass is 32.1. The first-order chi connectivity index (χ1) is 11.0. The van der Waals surface area contributed by atoms with Gasteiger partial charge in [-0.05, 0) is 49.7 Å². The highest BCUT2D eigenvalue weighted by Crippen LogP contribution is 2.31. The second-order valence-electron chi connectivity index (χ2n) is 5.76. The van der Waals surface area contributed by atoms with Gasteiger partial charge in [-0.2, -0.15) is 0 Å². The molecule has 1 N–H and O–H groups in total. The lowest BCUT2D eigenvalue weighted by Crippen LogP contribution is -2.17. The Morgan fingerprint density at radius 3 is 2.65 bits per heavy atom. The summed E-state index contributed by atoms with van der Waals surface area (Å²) < 4.78 is 15.1. The standard InChI is InChI=1S/C18H20FN3S/c1-12(20-10-14-8-9-22(3)11-14)17-13(2)21-18(23-17)15-4-6-16(19)7-5-15/h4-9,11-12,20H,10H2,1-3H3. The summed E-state index contributed by atoms with van der Waals surface area (Å²) in [6, 6.07) is 8.84. The summed E-state index contributed by atoms with van der Waals surface area (Å²) in [7, 11) is 2.02. The van der Waals surface area contributed by atoms with Gasteiger partial charge in [-0.15, -0.1) is 11.3 Å². The van der Waals surface area contributed by atoms with E-state index >= 15 is 0 Å². The van der Waals surface area contributed by atoms with Crippen LogP contribution in [0.25, 0.3) is 10.6 Å². The van der Waals surface area contributed by atoms with Gasteiger partial charge in [-0.1, -0.05) is 0 Å². The van der Waals surface area contributed by atoms with Gasteiger partial charge in [0.15, 0.2) is 0 Å². The van der Waals surface area contributed by atoms with Crippen molar-refractivity contribution in [1.29, 1.82) is 0 Å². The zero-order chi connectivity index (χ0) is 16.4. The molecular formula is C18H20FN3S. The first kappa shape index (κ1) is 15.9. The molecule has 0 aliphatic rings. The molecule has 3 rings (SSSR count). The number of nitrogens with one attached hydrogen (secondary N) is 1. The third-order valence-corrected chi connectivity index (χ3v) is 5.21. The van der Waals surface area contributed by atoms with E-state index in [4.69, 9.17) is 0 Å². The van der Waals surface area contributed by atoms with Crippen molar-refractivity contribution in [3.05, 3.63) is 64.7 Å². The van der Waals surface area contributed by atoms with Crippen LogP contribution in [0, 0.1) is 12.7 Å². The second kappa shape index (κ2) is 6.64. The van der Waals surface area contributed by atoms with E-state index in [1.54, 1.807) is 23.5 Å². The fourth-order valence-electron chi connectivity index (χ4n) is 2.56. The van der Waals surface area contributed by atoms with Crippen molar-refractivity contribution in [2.24, 2.45) is 7.05 Å². The molecule has 2 heterocycles. The second-order valence-corrected chi connectivity index (χ2v) is 6.79. The predicted molar refractivity (Wildman–Crippen MR) is 92.9 cm³/mol. The highest BCUT2D eigenvalue weighted by Gasteiger charge is 2.15. The van der Waals surface area contributed by atoms with Crippen LogP contribution in [0.15, 0.2) is 42.7 Å². The molecule has 120 valence electrons. The van der Waals surface area contributed by atoms with E-state index in [-0.39, 0.29) is 11.9 Å². The predicted octanol–water partition coefficient (Wildman–Crippen LogP) is 4.45. The summed E-state index contributed by atoms with van der Waals surface area (Å²) in [5, 5.41) is 4.48. The van der Waals surface area contributed by atoms with Crippen LogP contribution in [0.5, 0.6) is 0 Å². The molecule has 0 amide bonds. The Labute approximate surface area is 139 Å². The number of hydrogen-bond acceptors (Lipinski definition) is 3. The van der Waals surface area contributed by atoms with Crippen molar-refractivity contribution in [3.63, 3.8) is 0 Å². The minimum absolute atomic E-state index is 0.222. The summed E-state index contributed by atoms with van der Waals surface area (Å²) >= 11 is 1.67. The Morgan fingerprint density at radius 1 is 1.26 bits per heavy atom. The van der Waals surface area contributed by atoms with Gasteiger partial charge < -0.3 is 9.88 Å². The Bertz CT molecular complexity index is 789. The molecule has 2 aromatic heterocycles. The number of aromatic nitrogens is 2. The average Bonchev–Trinajstić information content (AvgIpc) is 3.11. The molecule has 1 aromatic carbocycles. The number of aryl methyl sites for hydroxylation is 2. The Balaban J connectivity index is 1.73. The van der Waals surface area contributed by atoms with Crippen LogP contribution in [-0.4, -0.2) is 9.55 Å². The smallest absolute Gasteiger partial charge is 0.123 e. The fraction of sp³-hybridized carbons (Fsp3) is 0.278. The maximum Gasteiger partial charge on any atom is 0.123 e. The summed E-state index contributed by atoms with van der Waals surface area (Å²) in [6.07, 6.45) is 4.16. The van der Waals surface area contributed by atoms with Crippen LogP contribution in [-0.2, 0) is 13.6 Å². The van der Waals surface area contributed by atoms with E-state index in [1.807, 2.05) is 24.7 Å². The molecule has 3 aromatic rings.